The number of hydrogen-bond donors (Lipinski definition) is 1. The number of carbonyl (C=O) groups excluding carboxylic acids is 3. The van der Waals surface area contributed by atoms with Gasteiger partial charge >= 0.3 is 0 Å². The number of carbonyl (C=O) groups is 3. The smallest absolute Gasteiger partial charge is 0.252 e. The van der Waals surface area contributed by atoms with Gasteiger partial charge in [-0.3, -0.25) is 14.4 Å². The minimum absolute atomic E-state index is 0.00177. The summed E-state index contributed by atoms with van der Waals surface area (Å²) in [6.07, 6.45) is 3.21. The van der Waals surface area contributed by atoms with Gasteiger partial charge in [0.15, 0.2) is 17.3 Å². The first-order chi connectivity index (χ1) is 15.4. The number of nitrogens with one attached hydrogen (secondary N) is 1. The van der Waals surface area contributed by atoms with Gasteiger partial charge in [-0.2, -0.15) is 0 Å². The molecule has 5 rings (SSSR count). The largest absolute Gasteiger partial charge is 0.454 e. The molecular formula is C23H27ClN2O6. The van der Waals surface area contributed by atoms with Crippen LogP contribution in [0, 0.1) is 11.8 Å². The van der Waals surface area contributed by atoms with E-state index in [1.54, 1.807) is 18.2 Å². The van der Waals surface area contributed by atoms with Gasteiger partial charge in [-0.25, -0.2) is 0 Å². The van der Waals surface area contributed by atoms with Gasteiger partial charge in [-0.05, 0) is 42.9 Å². The fraction of sp³-hybridized carbons (Fsp3) is 0.609. The summed E-state index contributed by atoms with van der Waals surface area (Å²) in [4.78, 5) is 40.8. The zero-order valence-electron chi connectivity index (χ0n) is 17.9. The van der Waals surface area contributed by atoms with E-state index in [9.17, 15) is 14.4 Å². The number of Topliss-reactive ketones (excluding diaryl/α,β-unsaturated/α-hetero) is 1. The third-order valence-electron chi connectivity index (χ3n) is 7.12. The van der Waals surface area contributed by atoms with Crippen molar-refractivity contribution in [2.45, 2.75) is 56.2 Å². The fourth-order valence-corrected chi connectivity index (χ4v) is 5.62. The first-order valence-electron chi connectivity index (χ1n) is 11.2. The summed E-state index contributed by atoms with van der Waals surface area (Å²) >= 11 is 6.40. The number of benzene rings is 1. The van der Waals surface area contributed by atoms with Crippen LogP contribution in [0.2, 0.25) is 0 Å². The Labute approximate surface area is 191 Å². The van der Waals surface area contributed by atoms with Crippen LogP contribution in [0.25, 0.3) is 0 Å². The Hall–Kier alpha value is -2.32. The monoisotopic (exact) mass is 462 g/mol. The maximum absolute atomic E-state index is 13.7. The van der Waals surface area contributed by atoms with Crippen molar-refractivity contribution in [3.8, 4) is 11.5 Å². The lowest BCUT2D eigenvalue weighted by molar-refractivity contribution is -0.139. The van der Waals surface area contributed by atoms with Crippen molar-refractivity contribution >= 4 is 29.2 Å². The second kappa shape index (κ2) is 8.56. The Morgan fingerprint density at radius 2 is 1.91 bits per heavy atom. The molecule has 2 saturated heterocycles. The molecule has 0 radical (unpaired) electrons. The number of ether oxygens (including phenoxy) is 3. The lowest BCUT2D eigenvalue weighted by Crippen LogP contribution is -2.55. The van der Waals surface area contributed by atoms with Gasteiger partial charge in [0.1, 0.15) is 24.8 Å². The van der Waals surface area contributed by atoms with Gasteiger partial charge in [0.25, 0.3) is 5.91 Å². The summed E-state index contributed by atoms with van der Waals surface area (Å²) in [5.41, 5.74) is 0.394. The third-order valence-corrected chi connectivity index (χ3v) is 7.51. The van der Waals surface area contributed by atoms with E-state index in [0.29, 0.717) is 23.0 Å². The van der Waals surface area contributed by atoms with Gasteiger partial charge in [0.05, 0.1) is 5.38 Å². The van der Waals surface area contributed by atoms with Gasteiger partial charge < -0.3 is 24.4 Å². The summed E-state index contributed by atoms with van der Waals surface area (Å²) < 4.78 is 16.2. The Bertz CT molecular complexity index is 931. The molecule has 1 aliphatic carbocycles. The molecule has 1 aromatic rings. The van der Waals surface area contributed by atoms with E-state index in [-0.39, 0.29) is 43.5 Å². The molecule has 1 saturated carbocycles. The molecule has 3 aliphatic heterocycles. The molecule has 0 bridgehead atoms. The maximum atomic E-state index is 13.7. The molecule has 1 N–H and O–H groups in total. The van der Waals surface area contributed by atoms with Crippen LogP contribution in [-0.2, 0) is 14.3 Å². The quantitative estimate of drug-likeness (QED) is 0.689. The van der Waals surface area contributed by atoms with Crippen LogP contribution >= 0.6 is 11.6 Å². The Morgan fingerprint density at radius 1 is 1.16 bits per heavy atom. The average molecular weight is 463 g/mol. The zero-order chi connectivity index (χ0) is 22.4. The number of alkyl halides is 1. The highest BCUT2D eigenvalue weighted by Crippen LogP contribution is 2.36. The third kappa shape index (κ3) is 3.83. The molecular weight excluding hydrogens is 436 g/mol. The summed E-state index contributed by atoms with van der Waals surface area (Å²) in [6, 6.07) is 3.57. The Morgan fingerprint density at radius 3 is 2.69 bits per heavy atom. The zero-order valence-corrected chi connectivity index (χ0v) is 18.7. The standard InChI is InChI=1S/C23H27ClN2O6/c1-12-2-4-13(5-3-12)19(23(29)26-9-15(24)21-20(26)16(27)10-30-21)25-22(28)14-6-7-17-18(8-14)32-11-31-17/h6-8,12-13,15,19-21H,2-5,9-11H2,1H3,(H,25,28)/t12?,13?,15-,19-,20+,21+/m0/s1. The molecule has 1 aromatic carbocycles. The number of halogens is 1. The van der Waals surface area contributed by atoms with Crippen molar-refractivity contribution in [3.63, 3.8) is 0 Å². The Balaban J connectivity index is 1.38. The summed E-state index contributed by atoms with van der Waals surface area (Å²) in [7, 11) is 0. The van der Waals surface area contributed by atoms with E-state index >= 15 is 0 Å². The van der Waals surface area contributed by atoms with Crippen LogP contribution in [0.15, 0.2) is 18.2 Å². The number of likely N-dealkylation sites (tertiary alicyclic amines) is 1. The molecule has 4 atom stereocenters. The van der Waals surface area contributed by atoms with Crippen molar-refractivity contribution < 1.29 is 28.6 Å². The number of fused-ring (bicyclic) bond motifs is 2. The molecule has 0 aromatic heterocycles. The van der Waals surface area contributed by atoms with Crippen LogP contribution in [0.5, 0.6) is 11.5 Å². The van der Waals surface area contributed by atoms with E-state index in [0.717, 1.165) is 25.7 Å². The fourth-order valence-electron chi connectivity index (χ4n) is 5.27. The number of nitrogens with zero attached hydrogens (tertiary/aromatic N) is 1. The lowest BCUT2D eigenvalue weighted by Gasteiger charge is -2.35. The van der Waals surface area contributed by atoms with Crippen molar-refractivity contribution in [2.24, 2.45) is 11.8 Å². The number of rotatable bonds is 4. The average Bonchev–Trinajstić information content (AvgIpc) is 3.49. The highest BCUT2D eigenvalue weighted by Gasteiger charge is 2.53. The molecule has 32 heavy (non-hydrogen) atoms. The predicted molar refractivity (Wildman–Crippen MR) is 115 cm³/mol. The number of hydrogen-bond acceptors (Lipinski definition) is 6. The minimum Gasteiger partial charge on any atom is -0.454 e. The Kier molecular flexibility index (Phi) is 5.75. The van der Waals surface area contributed by atoms with Crippen LogP contribution in [0.3, 0.4) is 0 Å². The van der Waals surface area contributed by atoms with Crippen molar-refractivity contribution in [3.05, 3.63) is 23.8 Å². The first kappa shape index (κ1) is 21.5. The molecule has 3 heterocycles. The van der Waals surface area contributed by atoms with Crippen LogP contribution < -0.4 is 14.8 Å². The topological polar surface area (TPSA) is 94.2 Å². The second-order valence-corrected chi connectivity index (χ2v) is 9.79. The first-order valence-corrected chi connectivity index (χ1v) is 11.7. The molecule has 4 aliphatic rings. The lowest BCUT2D eigenvalue weighted by atomic mass is 9.78. The van der Waals surface area contributed by atoms with E-state index < -0.39 is 23.6 Å². The second-order valence-electron chi connectivity index (χ2n) is 9.23. The predicted octanol–water partition coefficient (Wildman–Crippen LogP) is 2.13. The minimum atomic E-state index is -0.726. The number of amides is 2. The van der Waals surface area contributed by atoms with Gasteiger partial charge in [0, 0.05) is 12.1 Å². The molecule has 0 spiro atoms. The molecule has 8 nitrogen and oxygen atoms in total. The highest BCUT2D eigenvalue weighted by molar-refractivity contribution is 6.22. The van der Waals surface area contributed by atoms with E-state index in [1.807, 2.05) is 0 Å². The summed E-state index contributed by atoms with van der Waals surface area (Å²) in [6.45, 7) is 2.53. The summed E-state index contributed by atoms with van der Waals surface area (Å²) in [5.74, 6) is 0.953. The molecule has 0 unspecified atom stereocenters. The molecule has 2 amide bonds. The molecule has 9 heteroatoms. The van der Waals surface area contributed by atoms with Crippen LogP contribution in [0.1, 0.15) is 43.0 Å². The van der Waals surface area contributed by atoms with Crippen molar-refractivity contribution in [2.75, 3.05) is 19.9 Å². The number of ketones is 1. The normalized spacial score (nSPS) is 32.0. The SMILES string of the molecule is CC1CCC([C@H](NC(=O)c2ccc3c(c2)OCO3)C(=O)N2C[C@H](Cl)[C@H]3OCC(=O)[C@H]32)CC1. The summed E-state index contributed by atoms with van der Waals surface area (Å²) in [5, 5.41) is 2.54. The van der Waals surface area contributed by atoms with E-state index in [2.05, 4.69) is 12.2 Å². The van der Waals surface area contributed by atoms with E-state index in [1.165, 1.54) is 4.90 Å². The molecule has 3 fully saturated rings. The van der Waals surface area contributed by atoms with Gasteiger partial charge in [-0.15, -0.1) is 11.6 Å². The maximum Gasteiger partial charge on any atom is 0.252 e. The van der Waals surface area contributed by atoms with E-state index in [4.69, 9.17) is 25.8 Å². The van der Waals surface area contributed by atoms with Crippen LogP contribution in [-0.4, -0.2) is 66.0 Å². The van der Waals surface area contributed by atoms with Crippen LogP contribution in [0.4, 0.5) is 0 Å². The van der Waals surface area contributed by atoms with Gasteiger partial charge in [-0.1, -0.05) is 19.8 Å². The van der Waals surface area contributed by atoms with Gasteiger partial charge in [0.2, 0.25) is 12.7 Å². The van der Waals surface area contributed by atoms with Crippen molar-refractivity contribution in [1.29, 1.82) is 0 Å². The van der Waals surface area contributed by atoms with Crippen molar-refractivity contribution in [1.82, 2.24) is 10.2 Å². The molecule has 172 valence electrons. The highest BCUT2D eigenvalue weighted by atomic mass is 35.5.